The molecule has 3 heterocycles. The quantitative estimate of drug-likeness (QED) is 0.339. The first-order valence-electron chi connectivity index (χ1n) is 10.7. The number of hydrogen-bond acceptors (Lipinski definition) is 7. The SMILES string of the molecule is CCN1CCN(C(=O)NC(C(=O)N[C@@H]2C(=O)N3[C@@H](C(=O)O)CS[C@H]23)c2ccccc2)C(=O)C1=O. The molecule has 0 spiro atoms. The van der Waals surface area contributed by atoms with E-state index in [0.29, 0.717) is 12.1 Å². The number of thioether (sulfide) groups is 1. The van der Waals surface area contributed by atoms with Crippen LogP contribution in [-0.2, 0) is 24.0 Å². The predicted octanol–water partition coefficient (Wildman–Crippen LogP) is -1.02. The van der Waals surface area contributed by atoms with Crippen molar-refractivity contribution < 1.29 is 33.9 Å². The molecule has 3 aliphatic rings. The minimum atomic E-state index is -1.25. The molecule has 0 aromatic heterocycles. The van der Waals surface area contributed by atoms with Crippen LogP contribution in [0, 0.1) is 0 Å². The minimum Gasteiger partial charge on any atom is -0.480 e. The summed E-state index contributed by atoms with van der Waals surface area (Å²) in [6.07, 6.45) is 0. The Balaban J connectivity index is 1.48. The fourth-order valence-corrected chi connectivity index (χ4v) is 5.61. The highest BCUT2D eigenvalue weighted by molar-refractivity contribution is 8.00. The maximum absolute atomic E-state index is 13.2. The van der Waals surface area contributed by atoms with Crippen molar-refractivity contribution >= 4 is 47.4 Å². The second-order valence-corrected chi connectivity index (χ2v) is 9.09. The van der Waals surface area contributed by atoms with Gasteiger partial charge < -0.3 is 25.5 Å². The summed E-state index contributed by atoms with van der Waals surface area (Å²) in [5.41, 5.74) is 0.408. The van der Waals surface area contributed by atoms with E-state index in [1.54, 1.807) is 37.3 Å². The maximum Gasteiger partial charge on any atom is 0.327 e. The summed E-state index contributed by atoms with van der Waals surface area (Å²) in [5, 5.41) is 13.8. The van der Waals surface area contributed by atoms with Gasteiger partial charge in [0.1, 0.15) is 23.5 Å². The van der Waals surface area contributed by atoms with E-state index in [-0.39, 0.29) is 18.8 Å². The second-order valence-electron chi connectivity index (χ2n) is 7.94. The Morgan fingerprint density at radius 3 is 2.47 bits per heavy atom. The summed E-state index contributed by atoms with van der Waals surface area (Å²) in [6.45, 7) is 2.23. The lowest BCUT2D eigenvalue weighted by molar-refractivity contribution is -0.159. The first kappa shape index (κ1) is 23.5. The monoisotopic (exact) mass is 489 g/mol. The molecule has 12 nitrogen and oxygen atoms in total. The number of likely N-dealkylation sites (N-methyl/N-ethyl adjacent to an activating group) is 1. The summed E-state index contributed by atoms with van der Waals surface area (Å²) in [4.78, 5) is 77.7. The van der Waals surface area contributed by atoms with Gasteiger partial charge in [-0.25, -0.2) is 9.59 Å². The molecule has 3 N–H and O–H groups in total. The van der Waals surface area contributed by atoms with Gasteiger partial charge >= 0.3 is 23.8 Å². The third kappa shape index (κ3) is 4.06. The fourth-order valence-electron chi connectivity index (χ4n) is 4.14. The molecule has 3 aliphatic heterocycles. The molecule has 3 saturated heterocycles. The number of urea groups is 1. The van der Waals surface area contributed by atoms with Gasteiger partial charge in [0.05, 0.1) is 0 Å². The average Bonchev–Trinajstić information content (AvgIpc) is 3.24. The summed E-state index contributed by atoms with van der Waals surface area (Å²) in [6, 6.07) is 4.24. The third-order valence-corrected chi connectivity index (χ3v) is 7.37. The van der Waals surface area contributed by atoms with Crippen LogP contribution in [-0.4, -0.2) is 98.3 Å². The second kappa shape index (κ2) is 9.33. The lowest BCUT2D eigenvalue weighted by atomic mass is 10.0. The number of rotatable bonds is 6. The van der Waals surface area contributed by atoms with Crippen molar-refractivity contribution in [3.63, 3.8) is 0 Å². The normalized spacial score (nSPS) is 24.9. The van der Waals surface area contributed by atoms with Crippen molar-refractivity contribution in [3.05, 3.63) is 35.9 Å². The smallest absolute Gasteiger partial charge is 0.327 e. The molecule has 4 atom stereocenters. The van der Waals surface area contributed by atoms with Crippen molar-refractivity contribution in [2.45, 2.75) is 30.4 Å². The van der Waals surface area contributed by atoms with Crippen LogP contribution in [0.25, 0.3) is 0 Å². The molecule has 0 aliphatic carbocycles. The number of imide groups is 1. The van der Waals surface area contributed by atoms with Crippen molar-refractivity contribution in [2.75, 3.05) is 25.4 Å². The summed E-state index contributed by atoms with van der Waals surface area (Å²) in [7, 11) is 0. The van der Waals surface area contributed by atoms with Gasteiger partial charge in [-0.1, -0.05) is 30.3 Å². The molecule has 13 heteroatoms. The maximum atomic E-state index is 13.2. The molecular formula is C21H23N5O7S. The molecule has 6 amide bonds. The summed E-state index contributed by atoms with van der Waals surface area (Å²) >= 11 is 1.26. The lowest BCUT2D eigenvalue weighted by Crippen LogP contribution is -2.70. The number of β-lactam (4-membered cyclic amide) rings is 1. The number of hydrogen-bond donors (Lipinski definition) is 3. The van der Waals surface area contributed by atoms with Gasteiger partial charge in [0.25, 0.3) is 0 Å². The number of carboxylic acid groups (broad SMARTS) is 1. The van der Waals surface area contributed by atoms with Crippen LogP contribution in [0.5, 0.6) is 0 Å². The Hall–Kier alpha value is -3.61. The number of fused-ring (bicyclic) bond motifs is 1. The molecule has 34 heavy (non-hydrogen) atoms. The zero-order valence-corrected chi connectivity index (χ0v) is 19.0. The number of carbonyl (C=O) groups excluding carboxylic acids is 5. The highest BCUT2D eigenvalue weighted by Crippen LogP contribution is 2.39. The van der Waals surface area contributed by atoms with E-state index in [0.717, 1.165) is 4.90 Å². The molecule has 0 radical (unpaired) electrons. The Labute approximate surface area is 198 Å². The number of carbonyl (C=O) groups is 6. The Morgan fingerprint density at radius 2 is 1.82 bits per heavy atom. The highest BCUT2D eigenvalue weighted by atomic mass is 32.2. The number of piperazine rings is 1. The zero-order chi connectivity index (χ0) is 24.6. The Bertz CT molecular complexity index is 1050. The topological polar surface area (TPSA) is 156 Å². The van der Waals surface area contributed by atoms with Crippen LogP contribution in [0.15, 0.2) is 30.3 Å². The first-order chi connectivity index (χ1) is 16.2. The van der Waals surface area contributed by atoms with Crippen LogP contribution in [0.4, 0.5) is 4.79 Å². The van der Waals surface area contributed by atoms with Crippen LogP contribution >= 0.6 is 11.8 Å². The molecule has 1 aromatic rings. The average molecular weight is 490 g/mol. The number of amides is 6. The largest absolute Gasteiger partial charge is 0.480 e. The van der Waals surface area contributed by atoms with Crippen molar-refractivity contribution in [2.24, 2.45) is 0 Å². The van der Waals surface area contributed by atoms with Gasteiger partial charge in [-0.15, -0.1) is 11.8 Å². The van der Waals surface area contributed by atoms with Gasteiger partial charge in [0.15, 0.2) is 0 Å². The van der Waals surface area contributed by atoms with E-state index >= 15 is 0 Å². The summed E-state index contributed by atoms with van der Waals surface area (Å²) < 4.78 is 0. The number of nitrogens with zero attached hydrogens (tertiary/aromatic N) is 3. The van der Waals surface area contributed by atoms with Crippen LogP contribution < -0.4 is 10.6 Å². The van der Waals surface area contributed by atoms with Gasteiger partial charge in [0, 0.05) is 25.4 Å². The van der Waals surface area contributed by atoms with Gasteiger partial charge in [-0.05, 0) is 12.5 Å². The first-order valence-corrected chi connectivity index (χ1v) is 11.7. The zero-order valence-electron chi connectivity index (χ0n) is 18.2. The van der Waals surface area contributed by atoms with Crippen LogP contribution in [0.1, 0.15) is 18.5 Å². The molecular weight excluding hydrogens is 466 g/mol. The number of nitrogens with one attached hydrogen (secondary N) is 2. The van der Waals surface area contributed by atoms with E-state index in [2.05, 4.69) is 10.6 Å². The Morgan fingerprint density at radius 1 is 1.12 bits per heavy atom. The van der Waals surface area contributed by atoms with Crippen molar-refractivity contribution in [1.82, 2.24) is 25.3 Å². The molecule has 4 rings (SSSR count). The van der Waals surface area contributed by atoms with E-state index in [4.69, 9.17) is 0 Å². The van der Waals surface area contributed by atoms with Crippen LogP contribution in [0.2, 0.25) is 0 Å². The third-order valence-electron chi connectivity index (χ3n) is 6.02. The van der Waals surface area contributed by atoms with Crippen LogP contribution in [0.3, 0.4) is 0 Å². The lowest BCUT2D eigenvalue weighted by Gasteiger charge is -2.43. The van der Waals surface area contributed by atoms with Crippen molar-refractivity contribution in [3.8, 4) is 0 Å². The number of aliphatic carboxylic acids is 1. The molecule has 3 fully saturated rings. The van der Waals surface area contributed by atoms with Gasteiger partial charge in [0.2, 0.25) is 11.8 Å². The standard InChI is InChI=1S/C21H23N5O7S/c1-2-24-8-9-25(18(30)17(24)29)21(33)23-13(11-6-4-3-5-7-11)15(27)22-14-16(28)26-12(20(31)32)10-34-19(14)26/h3-7,12-14,19H,2,8-10H2,1H3,(H,22,27)(H,23,33)(H,31,32)/t12-,13?,14-,19-/m1/s1. The van der Waals surface area contributed by atoms with Gasteiger partial charge in [-0.2, -0.15) is 0 Å². The predicted molar refractivity (Wildman–Crippen MR) is 118 cm³/mol. The number of carboxylic acids is 1. The van der Waals surface area contributed by atoms with Crippen molar-refractivity contribution in [1.29, 1.82) is 0 Å². The molecule has 0 bridgehead atoms. The fraction of sp³-hybridized carbons (Fsp3) is 0.429. The minimum absolute atomic E-state index is 0.0151. The molecule has 0 saturated carbocycles. The van der Waals surface area contributed by atoms with Gasteiger partial charge in [-0.3, -0.25) is 24.1 Å². The van der Waals surface area contributed by atoms with E-state index in [9.17, 15) is 33.9 Å². The summed E-state index contributed by atoms with van der Waals surface area (Å²) in [5.74, 6) is -3.87. The highest BCUT2D eigenvalue weighted by Gasteiger charge is 2.57. The van der Waals surface area contributed by atoms with E-state index in [1.165, 1.54) is 21.6 Å². The van der Waals surface area contributed by atoms with E-state index < -0.39 is 59.1 Å². The molecule has 1 unspecified atom stereocenters. The number of benzene rings is 1. The molecule has 180 valence electrons. The Kier molecular flexibility index (Phi) is 6.46. The molecule has 1 aromatic carbocycles. The van der Waals surface area contributed by atoms with E-state index in [1.807, 2.05) is 0 Å².